The molecule has 0 amide bonds. The predicted octanol–water partition coefficient (Wildman–Crippen LogP) is 8.80. The second kappa shape index (κ2) is 13.5. The molecule has 0 spiro atoms. The molecule has 0 aliphatic heterocycles. The normalized spacial score (nSPS) is 16.8. The molecule has 0 bridgehead atoms. The Morgan fingerprint density at radius 3 is 1.18 bits per heavy atom. The van der Waals surface area contributed by atoms with E-state index in [1.54, 1.807) is 0 Å². The van der Waals surface area contributed by atoms with E-state index in [2.05, 4.69) is 84.9 Å². The van der Waals surface area contributed by atoms with Crippen molar-refractivity contribution >= 4 is 58.0 Å². The van der Waals surface area contributed by atoms with Gasteiger partial charge in [0.25, 0.3) is 0 Å². The Balaban J connectivity index is 0.000000210. The van der Waals surface area contributed by atoms with Gasteiger partial charge in [0.05, 0.1) is 11.7 Å². The Morgan fingerprint density at radius 1 is 0.525 bits per heavy atom. The van der Waals surface area contributed by atoms with Gasteiger partial charge in [-0.2, -0.15) is 0 Å². The number of hydrogen-bond donors (Lipinski definition) is 4. The highest BCUT2D eigenvalue weighted by Crippen LogP contribution is 2.45. The summed E-state index contributed by atoms with van der Waals surface area (Å²) in [5, 5.41) is 20.5. The van der Waals surface area contributed by atoms with E-state index >= 15 is 0 Å². The van der Waals surface area contributed by atoms with Gasteiger partial charge in [-0.1, -0.05) is 111 Å². The largest absolute Gasteiger partial charge is 0.388 e. The first-order valence-electron chi connectivity index (χ1n) is 14.0. The lowest BCUT2D eigenvalue weighted by molar-refractivity contribution is 0.457. The lowest BCUT2D eigenvalue weighted by Gasteiger charge is -2.29. The van der Waals surface area contributed by atoms with E-state index in [-0.39, 0.29) is 35.6 Å². The number of nitrogens with two attached hydrogens (primary N) is 2. The van der Waals surface area contributed by atoms with Crippen LogP contribution in [0.5, 0.6) is 0 Å². The third-order valence-corrected chi connectivity index (χ3v) is 8.90. The molecule has 0 heterocycles. The van der Waals surface area contributed by atoms with Gasteiger partial charge < -0.3 is 11.5 Å². The molecule has 2 aliphatic carbocycles. The van der Waals surface area contributed by atoms with Crippen molar-refractivity contribution in [3.63, 3.8) is 0 Å². The lowest BCUT2D eigenvalue weighted by Crippen LogP contribution is -2.29. The Hall–Kier alpha value is -3.08. The summed E-state index contributed by atoms with van der Waals surface area (Å²) in [4.78, 5) is 0. The molecule has 4 aromatic rings. The summed E-state index contributed by atoms with van der Waals surface area (Å²) in [5.41, 5.74) is 14.3. The van der Waals surface area contributed by atoms with Crippen LogP contribution >= 0.6 is 24.8 Å². The summed E-state index contributed by atoms with van der Waals surface area (Å²) in [7, 11) is 0. The van der Waals surface area contributed by atoms with Gasteiger partial charge in [0.1, 0.15) is 0 Å². The number of halogens is 2. The summed E-state index contributed by atoms with van der Waals surface area (Å²) in [5.74, 6) is 0.630. The maximum absolute atomic E-state index is 7.67. The van der Waals surface area contributed by atoms with Gasteiger partial charge in [-0.15, -0.1) is 24.8 Å². The van der Waals surface area contributed by atoms with E-state index in [1.165, 1.54) is 58.4 Å². The predicted molar refractivity (Wildman–Crippen MR) is 176 cm³/mol. The Bertz CT molecular complexity index is 1340. The average Bonchev–Trinajstić information content (AvgIpc) is 3.59. The van der Waals surface area contributed by atoms with Crippen LogP contribution in [0.1, 0.15) is 75.3 Å². The van der Waals surface area contributed by atoms with Gasteiger partial charge in [0, 0.05) is 23.7 Å². The fraction of sp³-hybridized carbons (Fsp3) is 0.353. The van der Waals surface area contributed by atoms with Crippen LogP contribution in [0, 0.1) is 10.8 Å². The fourth-order valence-electron chi connectivity index (χ4n) is 7.01. The van der Waals surface area contributed by atoms with Gasteiger partial charge in [-0.05, 0) is 58.4 Å². The number of fused-ring (bicyclic) bond motifs is 2. The molecule has 2 aliphatic rings. The molecule has 6 N–H and O–H groups in total. The first-order chi connectivity index (χ1) is 18.4. The van der Waals surface area contributed by atoms with Crippen LogP contribution in [0.3, 0.4) is 0 Å². The first kappa shape index (κ1) is 31.4. The molecular weight excluding hydrogens is 535 g/mol. The minimum absolute atomic E-state index is 0. The number of benzene rings is 4. The first-order valence-corrected chi connectivity index (χ1v) is 14.0. The van der Waals surface area contributed by atoms with Crippen molar-refractivity contribution < 1.29 is 0 Å². The van der Waals surface area contributed by atoms with Crippen LogP contribution in [-0.2, 0) is 10.8 Å². The van der Waals surface area contributed by atoms with Gasteiger partial charge in [0.2, 0.25) is 0 Å². The van der Waals surface area contributed by atoms with Crippen molar-refractivity contribution in [2.75, 3.05) is 0 Å². The molecule has 0 unspecified atom stereocenters. The summed E-state index contributed by atoms with van der Waals surface area (Å²) in [6.07, 6.45) is 11.0. The monoisotopic (exact) mass is 576 g/mol. The highest BCUT2D eigenvalue weighted by atomic mass is 35.5. The number of amidine groups is 2. The molecule has 0 saturated heterocycles. The highest BCUT2D eigenvalue weighted by Gasteiger charge is 2.37. The van der Waals surface area contributed by atoms with Crippen molar-refractivity contribution in [2.24, 2.45) is 11.5 Å². The Kier molecular flexibility index (Phi) is 10.6. The molecule has 2 fully saturated rings. The lowest BCUT2D eigenvalue weighted by atomic mass is 9.75. The van der Waals surface area contributed by atoms with Crippen LogP contribution in [0.2, 0.25) is 0 Å². The summed E-state index contributed by atoms with van der Waals surface area (Å²) in [6.45, 7) is 0. The maximum atomic E-state index is 7.67. The minimum atomic E-state index is 0. The van der Waals surface area contributed by atoms with E-state index in [9.17, 15) is 0 Å². The third kappa shape index (κ3) is 6.79. The molecule has 6 rings (SSSR count). The second-order valence-corrected chi connectivity index (χ2v) is 11.5. The number of rotatable bonds is 6. The van der Waals surface area contributed by atoms with Crippen LogP contribution in [0.25, 0.3) is 21.5 Å². The molecule has 0 radical (unpaired) electrons. The average molecular weight is 578 g/mol. The quantitative estimate of drug-likeness (QED) is 0.136. The molecule has 2 saturated carbocycles. The molecule has 212 valence electrons. The van der Waals surface area contributed by atoms with Crippen molar-refractivity contribution in [1.29, 1.82) is 10.8 Å². The van der Waals surface area contributed by atoms with E-state index < -0.39 is 0 Å². The summed E-state index contributed by atoms with van der Waals surface area (Å²) < 4.78 is 0. The maximum Gasteiger partial charge on any atom is 0.0914 e. The molecule has 4 aromatic carbocycles. The fourth-order valence-corrected chi connectivity index (χ4v) is 7.01. The summed E-state index contributed by atoms with van der Waals surface area (Å²) in [6, 6.07) is 30.4. The SMILES string of the molecule is Cl.Cl.N=C(N)CC1(c2ccc3ccccc3c2)CCCC1.N=C(N)CC1(c2ccc3ccccc3c2)CCCC1. The van der Waals surface area contributed by atoms with Gasteiger partial charge in [0.15, 0.2) is 0 Å². The van der Waals surface area contributed by atoms with Crippen LogP contribution < -0.4 is 11.5 Å². The van der Waals surface area contributed by atoms with Gasteiger partial charge in [-0.3, -0.25) is 10.8 Å². The number of hydrogen-bond acceptors (Lipinski definition) is 2. The van der Waals surface area contributed by atoms with Gasteiger partial charge >= 0.3 is 0 Å². The van der Waals surface area contributed by atoms with Crippen molar-refractivity contribution in [2.45, 2.75) is 75.0 Å². The molecule has 40 heavy (non-hydrogen) atoms. The molecular formula is C34H42Cl2N4. The highest BCUT2D eigenvalue weighted by molar-refractivity contribution is 5.86. The van der Waals surface area contributed by atoms with Crippen molar-refractivity contribution in [1.82, 2.24) is 0 Å². The van der Waals surface area contributed by atoms with E-state index in [0.717, 1.165) is 25.7 Å². The van der Waals surface area contributed by atoms with Crippen molar-refractivity contribution in [3.8, 4) is 0 Å². The van der Waals surface area contributed by atoms with E-state index in [1.807, 2.05) is 0 Å². The Morgan fingerprint density at radius 2 is 0.850 bits per heavy atom. The molecule has 0 atom stereocenters. The van der Waals surface area contributed by atoms with Crippen molar-refractivity contribution in [3.05, 3.63) is 96.1 Å². The Labute approximate surface area is 250 Å². The van der Waals surface area contributed by atoms with E-state index in [0.29, 0.717) is 24.5 Å². The summed E-state index contributed by atoms with van der Waals surface area (Å²) >= 11 is 0. The van der Waals surface area contributed by atoms with Crippen LogP contribution in [-0.4, -0.2) is 11.7 Å². The molecule has 6 heteroatoms. The zero-order valence-electron chi connectivity index (χ0n) is 23.1. The van der Waals surface area contributed by atoms with Crippen LogP contribution in [0.4, 0.5) is 0 Å². The minimum Gasteiger partial charge on any atom is -0.388 e. The van der Waals surface area contributed by atoms with Gasteiger partial charge in [-0.25, -0.2) is 0 Å². The third-order valence-electron chi connectivity index (χ3n) is 8.90. The standard InChI is InChI=1S/2C17H20N2.2ClH/c2*18-16(19)12-17(9-3-4-10-17)15-8-7-13-5-1-2-6-14(13)11-15;;/h2*1-2,5-8,11H,3-4,9-10,12H2,(H3,18,19);2*1H. The van der Waals surface area contributed by atoms with Crippen LogP contribution in [0.15, 0.2) is 84.9 Å². The van der Waals surface area contributed by atoms with E-state index in [4.69, 9.17) is 22.3 Å². The molecule has 0 aromatic heterocycles. The topological polar surface area (TPSA) is 99.7 Å². The zero-order valence-corrected chi connectivity index (χ0v) is 24.8. The smallest absolute Gasteiger partial charge is 0.0914 e. The second-order valence-electron chi connectivity index (χ2n) is 11.5. The molecule has 4 nitrogen and oxygen atoms in total. The zero-order chi connectivity index (χ0) is 26.6. The number of nitrogens with one attached hydrogen (secondary N) is 2.